The smallest absolute Gasteiger partial charge is 0.0852 e. The number of hydrogen-bond acceptors (Lipinski definition) is 1. The van der Waals surface area contributed by atoms with Gasteiger partial charge in [0, 0.05) is 0 Å². The van der Waals surface area contributed by atoms with Crippen molar-refractivity contribution >= 4 is 19.8 Å². The van der Waals surface area contributed by atoms with E-state index in [0.29, 0.717) is 0 Å². The molecule has 0 unspecified atom stereocenters. The standard InChI is InChI=1S/C7H16SSi/c1-6-7(8-2)9(3,4)5/h6H,1-5H3. The van der Waals surface area contributed by atoms with Crippen molar-refractivity contribution in [3.05, 3.63) is 10.6 Å². The van der Waals surface area contributed by atoms with Crippen molar-refractivity contribution in [3.63, 3.8) is 0 Å². The fraction of sp³-hybridized carbons (Fsp3) is 0.714. The highest BCUT2D eigenvalue weighted by Gasteiger charge is 2.16. The Morgan fingerprint density at radius 3 is 1.78 bits per heavy atom. The Balaban J connectivity index is 4.14. The highest BCUT2D eigenvalue weighted by atomic mass is 32.2. The molecule has 54 valence electrons. The van der Waals surface area contributed by atoms with Gasteiger partial charge in [-0.1, -0.05) is 25.7 Å². The molecule has 0 saturated carbocycles. The van der Waals surface area contributed by atoms with Crippen LogP contribution in [0.2, 0.25) is 19.6 Å². The molecular weight excluding hydrogens is 144 g/mol. The Kier molecular flexibility index (Phi) is 3.59. The molecule has 0 nitrogen and oxygen atoms in total. The minimum absolute atomic E-state index is 0.963. The third-order valence-corrected chi connectivity index (χ3v) is 6.11. The van der Waals surface area contributed by atoms with E-state index in [9.17, 15) is 0 Å². The maximum absolute atomic E-state index is 2.37. The van der Waals surface area contributed by atoms with Gasteiger partial charge in [-0.15, -0.1) is 11.8 Å². The van der Waals surface area contributed by atoms with E-state index in [0.717, 1.165) is 0 Å². The maximum Gasteiger partial charge on any atom is 0.0852 e. The van der Waals surface area contributed by atoms with Crippen LogP contribution in [-0.4, -0.2) is 14.3 Å². The summed E-state index contributed by atoms with van der Waals surface area (Å²) in [5.74, 6) is 0. The Morgan fingerprint density at radius 2 is 1.78 bits per heavy atom. The highest BCUT2D eigenvalue weighted by molar-refractivity contribution is 8.04. The van der Waals surface area contributed by atoms with Gasteiger partial charge in [0.1, 0.15) is 0 Å². The molecule has 0 radical (unpaired) electrons. The van der Waals surface area contributed by atoms with Gasteiger partial charge in [-0.25, -0.2) is 0 Å². The van der Waals surface area contributed by atoms with Crippen LogP contribution in [0.4, 0.5) is 0 Å². The molecule has 0 aliphatic rings. The first-order chi connectivity index (χ1) is 4.02. The zero-order valence-corrected chi connectivity index (χ0v) is 8.80. The van der Waals surface area contributed by atoms with Crippen molar-refractivity contribution in [2.75, 3.05) is 6.26 Å². The average Bonchev–Trinajstić information content (AvgIpc) is 1.65. The van der Waals surface area contributed by atoms with E-state index in [1.807, 2.05) is 11.8 Å². The van der Waals surface area contributed by atoms with E-state index in [4.69, 9.17) is 0 Å². The zero-order valence-electron chi connectivity index (χ0n) is 6.99. The molecule has 0 atom stereocenters. The topological polar surface area (TPSA) is 0 Å². The quantitative estimate of drug-likeness (QED) is 0.559. The number of thioether (sulfide) groups is 1. The molecule has 0 aliphatic heterocycles. The van der Waals surface area contributed by atoms with E-state index >= 15 is 0 Å². The van der Waals surface area contributed by atoms with Gasteiger partial charge in [0.2, 0.25) is 0 Å². The molecule has 9 heavy (non-hydrogen) atoms. The number of hydrogen-bond donors (Lipinski definition) is 0. The fourth-order valence-electron chi connectivity index (χ4n) is 0.857. The Hall–Kier alpha value is 0.307. The monoisotopic (exact) mass is 160 g/mol. The summed E-state index contributed by atoms with van der Waals surface area (Å²) >= 11 is 1.90. The average molecular weight is 160 g/mol. The van der Waals surface area contributed by atoms with Gasteiger partial charge in [0.15, 0.2) is 0 Å². The van der Waals surface area contributed by atoms with Crippen molar-refractivity contribution in [2.24, 2.45) is 0 Å². The molecule has 0 heterocycles. The summed E-state index contributed by atoms with van der Waals surface area (Å²) in [5, 5.41) is 0. The Labute approximate surface area is 63.7 Å². The molecule has 0 saturated heterocycles. The lowest BCUT2D eigenvalue weighted by Crippen LogP contribution is -2.21. The van der Waals surface area contributed by atoms with Gasteiger partial charge >= 0.3 is 0 Å². The van der Waals surface area contributed by atoms with Crippen LogP contribution in [0.3, 0.4) is 0 Å². The van der Waals surface area contributed by atoms with Crippen LogP contribution >= 0.6 is 11.8 Å². The summed E-state index contributed by atoms with van der Waals surface area (Å²) < 4.78 is 1.60. The molecule has 0 aromatic carbocycles. The summed E-state index contributed by atoms with van der Waals surface area (Å²) in [7, 11) is -0.963. The normalized spacial score (nSPS) is 14.1. The molecular formula is C7H16SSi. The van der Waals surface area contributed by atoms with Crippen molar-refractivity contribution in [1.82, 2.24) is 0 Å². The van der Waals surface area contributed by atoms with Gasteiger partial charge in [-0.3, -0.25) is 0 Å². The first-order valence-corrected chi connectivity index (χ1v) is 7.95. The van der Waals surface area contributed by atoms with E-state index in [2.05, 4.69) is 38.9 Å². The SMILES string of the molecule is CC=C(SC)[Si](C)(C)C. The Morgan fingerprint density at radius 1 is 1.33 bits per heavy atom. The third-order valence-electron chi connectivity index (χ3n) is 1.22. The first-order valence-electron chi connectivity index (χ1n) is 3.23. The van der Waals surface area contributed by atoms with Crippen LogP contribution in [0.1, 0.15) is 6.92 Å². The minimum Gasteiger partial charge on any atom is -0.139 e. The molecule has 2 heteroatoms. The highest BCUT2D eigenvalue weighted by Crippen LogP contribution is 2.23. The summed E-state index contributed by atoms with van der Waals surface area (Å²) in [6.45, 7) is 9.25. The second kappa shape index (κ2) is 3.47. The van der Waals surface area contributed by atoms with Gasteiger partial charge in [-0.2, -0.15) is 0 Å². The zero-order chi connectivity index (χ0) is 7.49. The maximum atomic E-state index is 2.37. The van der Waals surface area contributed by atoms with Crippen LogP contribution < -0.4 is 0 Å². The predicted molar refractivity (Wildman–Crippen MR) is 50.6 cm³/mol. The third kappa shape index (κ3) is 3.11. The van der Waals surface area contributed by atoms with Crippen molar-refractivity contribution in [2.45, 2.75) is 26.6 Å². The van der Waals surface area contributed by atoms with Gasteiger partial charge in [-0.05, 0) is 17.7 Å². The second-order valence-corrected chi connectivity index (χ2v) is 9.36. The van der Waals surface area contributed by atoms with Crippen LogP contribution in [-0.2, 0) is 0 Å². The van der Waals surface area contributed by atoms with E-state index in [1.54, 1.807) is 4.53 Å². The summed E-state index contributed by atoms with van der Waals surface area (Å²) in [6.07, 6.45) is 4.41. The molecule has 0 rings (SSSR count). The van der Waals surface area contributed by atoms with E-state index in [-0.39, 0.29) is 0 Å². The molecule has 0 amide bonds. The molecule has 0 fully saturated rings. The van der Waals surface area contributed by atoms with Crippen LogP contribution in [0, 0.1) is 0 Å². The molecule has 0 N–H and O–H groups in total. The number of allylic oxidation sites excluding steroid dienone is 1. The first kappa shape index (κ1) is 9.31. The largest absolute Gasteiger partial charge is 0.139 e. The van der Waals surface area contributed by atoms with Gasteiger partial charge in [0.25, 0.3) is 0 Å². The molecule has 0 bridgehead atoms. The lowest BCUT2D eigenvalue weighted by molar-refractivity contribution is 1.67. The number of rotatable bonds is 2. The summed E-state index contributed by atoms with van der Waals surface area (Å²) in [5.41, 5.74) is 0. The molecule has 0 aromatic heterocycles. The molecule has 0 spiro atoms. The summed E-state index contributed by atoms with van der Waals surface area (Å²) in [4.78, 5) is 0. The van der Waals surface area contributed by atoms with Crippen LogP contribution in [0.15, 0.2) is 10.6 Å². The fourth-order valence-corrected chi connectivity index (χ4v) is 4.41. The minimum atomic E-state index is -0.963. The van der Waals surface area contributed by atoms with Gasteiger partial charge in [0.05, 0.1) is 8.07 Å². The lowest BCUT2D eigenvalue weighted by atomic mass is 10.8. The second-order valence-electron chi connectivity index (χ2n) is 3.11. The van der Waals surface area contributed by atoms with Crippen molar-refractivity contribution in [3.8, 4) is 0 Å². The van der Waals surface area contributed by atoms with Crippen molar-refractivity contribution < 1.29 is 0 Å². The summed E-state index contributed by atoms with van der Waals surface area (Å²) in [6, 6.07) is 0. The predicted octanol–water partition coefficient (Wildman–Crippen LogP) is 3.13. The van der Waals surface area contributed by atoms with E-state index < -0.39 is 8.07 Å². The molecule has 0 aliphatic carbocycles. The molecule has 0 aromatic rings. The van der Waals surface area contributed by atoms with Crippen LogP contribution in [0.25, 0.3) is 0 Å². The van der Waals surface area contributed by atoms with Crippen molar-refractivity contribution in [1.29, 1.82) is 0 Å². The Bertz CT molecular complexity index is 111. The van der Waals surface area contributed by atoms with Crippen LogP contribution in [0.5, 0.6) is 0 Å². The lowest BCUT2D eigenvalue weighted by Gasteiger charge is -2.17. The van der Waals surface area contributed by atoms with Gasteiger partial charge < -0.3 is 0 Å². The van der Waals surface area contributed by atoms with E-state index in [1.165, 1.54) is 0 Å².